The van der Waals surface area contributed by atoms with E-state index in [1.807, 2.05) is 51.1 Å². The smallest absolute Gasteiger partial charge is 0.262 e. The van der Waals surface area contributed by atoms with Crippen LogP contribution in [0.3, 0.4) is 0 Å². The first-order chi connectivity index (χ1) is 18.4. The van der Waals surface area contributed by atoms with Gasteiger partial charge in [-0.25, -0.2) is 0 Å². The Kier molecular flexibility index (Phi) is 7.36. The number of carbonyl (C=O) groups excluding carboxylic acids is 3. The number of nitrogens with one attached hydrogen (secondary N) is 2. The second kappa shape index (κ2) is 10.9. The van der Waals surface area contributed by atoms with Gasteiger partial charge in [-0.15, -0.1) is 0 Å². The summed E-state index contributed by atoms with van der Waals surface area (Å²) in [5.74, 6) is 0.425. The number of ketones is 2. The zero-order chi connectivity index (χ0) is 26.8. The predicted octanol–water partition coefficient (Wildman–Crippen LogP) is 5.42. The molecule has 3 aliphatic rings. The summed E-state index contributed by atoms with van der Waals surface area (Å²) in [6, 6.07) is 11.4. The van der Waals surface area contributed by atoms with Crippen LogP contribution in [0.25, 0.3) is 0 Å². The van der Waals surface area contributed by atoms with Crippen molar-refractivity contribution in [3.8, 4) is 11.5 Å². The number of allylic oxidation sites excluding steroid dienone is 4. The quantitative estimate of drug-likeness (QED) is 0.512. The summed E-state index contributed by atoms with van der Waals surface area (Å²) >= 11 is 0. The number of hydrogen-bond acceptors (Lipinski definition) is 6. The molecule has 7 heteroatoms. The lowest BCUT2D eigenvalue weighted by atomic mass is 9.71. The van der Waals surface area contributed by atoms with E-state index in [0.717, 1.165) is 59.5 Å². The molecule has 38 heavy (non-hydrogen) atoms. The summed E-state index contributed by atoms with van der Waals surface area (Å²) in [6.45, 7) is 6.02. The third kappa shape index (κ3) is 5.10. The fourth-order valence-corrected chi connectivity index (χ4v) is 5.61. The van der Waals surface area contributed by atoms with E-state index in [2.05, 4.69) is 10.6 Å². The monoisotopic (exact) mass is 514 g/mol. The van der Waals surface area contributed by atoms with Crippen LogP contribution >= 0.6 is 0 Å². The Labute approximate surface area is 223 Å². The topological polar surface area (TPSA) is 93.7 Å². The van der Waals surface area contributed by atoms with Crippen LogP contribution in [0.2, 0.25) is 0 Å². The maximum Gasteiger partial charge on any atom is 0.262 e. The molecule has 0 unspecified atom stereocenters. The standard InChI is InChI=1S/C31H34N2O5/c1-4-37-27-16-20(13-14-26(27)38-17-28(36)33-23-15-18(2)11-12-19(23)3)29-30-21(7-5-9-24(30)34)32-22-8-6-10-25(35)31(22)29/h11-16,29,32H,4-10,17H2,1-3H3,(H,33,36). The highest BCUT2D eigenvalue weighted by Crippen LogP contribution is 2.46. The van der Waals surface area contributed by atoms with Crippen molar-refractivity contribution in [2.24, 2.45) is 0 Å². The highest BCUT2D eigenvalue weighted by Gasteiger charge is 2.40. The van der Waals surface area contributed by atoms with Crippen molar-refractivity contribution in [2.75, 3.05) is 18.5 Å². The van der Waals surface area contributed by atoms with E-state index in [0.29, 0.717) is 42.1 Å². The van der Waals surface area contributed by atoms with Crippen molar-refractivity contribution in [1.29, 1.82) is 0 Å². The number of benzene rings is 2. The van der Waals surface area contributed by atoms with Crippen LogP contribution in [-0.4, -0.2) is 30.7 Å². The Morgan fingerprint density at radius 3 is 2.24 bits per heavy atom. The van der Waals surface area contributed by atoms with Gasteiger partial charge in [-0.2, -0.15) is 0 Å². The van der Waals surface area contributed by atoms with Gasteiger partial charge in [-0.3, -0.25) is 14.4 Å². The first-order valence-corrected chi connectivity index (χ1v) is 13.4. The van der Waals surface area contributed by atoms with Crippen LogP contribution in [0, 0.1) is 13.8 Å². The zero-order valence-corrected chi connectivity index (χ0v) is 22.2. The van der Waals surface area contributed by atoms with Gasteiger partial charge in [0.1, 0.15) is 0 Å². The predicted molar refractivity (Wildman–Crippen MR) is 145 cm³/mol. The molecule has 2 aromatic rings. The number of rotatable bonds is 7. The number of hydrogen-bond donors (Lipinski definition) is 2. The summed E-state index contributed by atoms with van der Waals surface area (Å²) in [5.41, 5.74) is 6.91. The van der Waals surface area contributed by atoms with Gasteiger partial charge in [0.15, 0.2) is 29.7 Å². The van der Waals surface area contributed by atoms with Gasteiger partial charge in [-0.1, -0.05) is 18.2 Å². The van der Waals surface area contributed by atoms with Crippen molar-refractivity contribution in [1.82, 2.24) is 5.32 Å². The first-order valence-electron chi connectivity index (χ1n) is 13.4. The van der Waals surface area contributed by atoms with Gasteiger partial charge in [0.2, 0.25) is 0 Å². The maximum absolute atomic E-state index is 13.1. The number of aryl methyl sites for hydroxylation is 2. The molecule has 0 fully saturated rings. The number of Topliss-reactive ketones (excluding diaryl/α,β-unsaturated/α-hetero) is 2. The molecule has 1 aliphatic heterocycles. The van der Waals surface area contributed by atoms with Crippen molar-refractivity contribution in [3.63, 3.8) is 0 Å². The Hall–Kier alpha value is -3.87. The van der Waals surface area contributed by atoms with Gasteiger partial charge >= 0.3 is 0 Å². The molecule has 0 aromatic heterocycles. The number of carbonyl (C=O) groups is 3. The van der Waals surface area contributed by atoms with E-state index in [4.69, 9.17) is 9.47 Å². The molecule has 0 saturated carbocycles. The average Bonchev–Trinajstić information content (AvgIpc) is 2.89. The summed E-state index contributed by atoms with van der Waals surface area (Å²) < 4.78 is 11.8. The van der Waals surface area contributed by atoms with Crippen molar-refractivity contribution >= 4 is 23.2 Å². The lowest BCUT2D eigenvalue weighted by Crippen LogP contribution is -2.36. The largest absolute Gasteiger partial charge is 0.490 e. The molecule has 0 radical (unpaired) electrons. The second-order valence-electron chi connectivity index (χ2n) is 10.2. The molecule has 2 aliphatic carbocycles. The Morgan fingerprint density at radius 1 is 0.895 bits per heavy atom. The lowest BCUT2D eigenvalue weighted by molar-refractivity contribution is -0.118. The molecular formula is C31H34N2O5. The van der Waals surface area contributed by atoms with Crippen LogP contribution in [0.15, 0.2) is 58.9 Å². The number of anilines is 1. The highest BCUT2D eigenvalue weighted by molar-refractivity contribution is 6.06. The van der Waals surface area contributed by atoms with Crippen LogP contribution in [0.5, 0.6) is 11.5 Å². The minimum Gasteiger partial charge on any atom is -0.490 e. The SMILES string of the molecule is CCOc1cc(C2C3=C(CCCC3=O)NC3=C2C(=O)CCC3)ccc1OCC(=O)Nc1cc(C)ccc1C. The lowest BCUT2D eigenvalue weighted by Gasteiger charge is -2.37. The average molecular weight is 515 g/mol. The maximum atomic E-state index is 13.1. The van der Waals surface area contributed by atoms with Crippen LogP contribution < -0.4 is 20.1 Å². The first kappa shape index (κ1) is 25.8. The molecule has 1 heterocycles. The van der Waals surface area contributed by atoms with Crippen molar-refractivity contribution < 1.29 is 23.9 Å². The Bertz CT molecular complexity index is 1330. The highest BCUT2D eigenvalue weighted by atomic mass is 16.5. The van der Waals surface area contributed by atoms with Gasteiger partial charge < -0.3 is 20.1 Å². The van der Waals surface area contributed by atoms with E-state index in [-0.39, 0.29) is 24.1 Å². The van der Waals surface area contributed by atoms with Crippen LogP contribution in [0.1, 0.15) is 68.1 Å². The minimum absolute atomic E-state index is 0.0927. The molecule has 2 aromatic carbocycles. The molecule has 0 bridgehead atoms. The molecule has 0 spiro atoms. The number of ether oxygens (including phenoxy) is 2. The minimum atomic E-state index is -0.414. The molecule has 1 amide bonds. The fraction of sp³-hybridized carbons (Fsp3) is 0.387. The molecule has 2 N–H and O–H groups in total. The van der Waals surface area contributed by atoms with Gasteiger partial charge in [0.05, 0.1) is 6.61 Å². The molecular weight excluding hydrogens is 480 g/mol. The summed E-state index contributed by atoms with van der Waals surface area (Å²) in [4.78, 5) is 38.9. The summed E-state index contributed by atoms with van der Waals surface area (Å²) in [6.07, 6.45) is 4.21. The molecule has 0 saturated heterocycles. The van der Waals surface area contributed by atoms with Crippen LogP contribution in [-0.2, 0) is 14.4 Å². The van der Waals surface area contributed by atoms with Gasteiger partial charge in [0.25, 0.3) is 5.91 Å². The van der Waals surface area contributed by atoms with Gasteiger partial charge in [0, 0.05) is 47.0 Å². The molecule has 5 rings (SSSR count). The third-order valence-electron chi connectivity index (χ3n) is 7.42. The number of amides is 1. The number of dihydropyridines is 1. The summed E-state index contributed by atoms with van der Waals surface area (Å²) in [7, 11) is 0. The Morgan fingerprint density at radius 2 is 1.58 bits per heavy atom. The molecule has 0 atom stereocenters. The van der Waals surface area contributed by atoms with E-state index >= 15 is 0 Å². The van der Waals surface area contributed by atoms with Gasteiger partial charge in [-0.05, 0) is 81.3 Å². The third-order valence-corrected chi connectivity index (χ3v) is 7.42. The van der Waals surface area contributed by atoms with E-state index in [1.54, 1.807) is 6.07 Å². The Balaban J connectivity index is 1.43. The van der Waals surface area contributed by atoms with E-state index in [1.165, 1.54) is 0 Å². The molecule has 198 valence electrons. The van der Waals surface area contributed by atoms with E-state index in [9.17, 15) is 14.4 Å². The molecule has 7 nitrogen and oxygen atoms in total. The van der Waals surface area contributed by atoms with Crippen LogP contribution in [0.4, 0.5) is 5.69 Å². The van der Waals surface area contributed by atoms with Crippen molar-refractivity contribution in [2.45, 2.75) is 65.2 Å². The summed E-state index contributed by atoms with van der Waals surface area (Å²) in [5, 5.41) is 6.36. The zero-order valence-electron chi connectivity index (χ0n) is 22.2. The van der Waals surface area contributed by atoms with E-state index < -0.39 is 5.92 Å². The normalized spacial score (nSPS) is 17.6. The fourth-order valence-electron chi connectivity index (χ4n) is 5.61. The second-order valence-corrected chi connectivity index (χ2v) is 10.2. The van der Waals surface area contributed by atoms with Crippen molar-refractivity contribution in [3.05, 3.63) is 75.6 Å².